The van der Waals surface area contributed by atoms with Crippen molar-refractivity contribution in [2.75, 3.05) is 32.2 Å². The lowest BCUT2D eigenvalue weighted by atomic mass is 9.98. The molecule has 0 saturated heterocycles. The van der Waals surface area contributed by atoms with Gasteiger partial charge in [0.2, 0.25) is 0 Å². The third kappa shape index (κ3) is 4.29. The Morgan fingerprint density at radius 2 is 1.62 bits per heavy atom. The van der Waals surface area contributed by atoms with Gasteiger partial charge in [0.15, 0.2) is 0 Å². The fourth-order valence-electron chi connectivity index (χ4n) is 3.89. The van der Waals surface area contributed by atoms with Gasteiger partial charge in [0, 0.05) is 5.92 Å². The largest absolute Gasteiger partial charge is 0.489 e. The zero-order valence-corrected chi connectivity index (χ0v) is 17.5. The molecule has 0 spiro atoms. The molecule has 32 heavy (non-hydrogen) atoms. The molecule has 1 aliphatic rings. The third-order valence-corrected chi connectivity index (χ3v) is 5.33. The second kappa shape index (κ2) is 9.53. The number of carbonyl (C=O) groups excluding carboxylic acids is 2. The number of aliphatic hydroxyl groups is 1. The summed E-state index contributed by atoms with van der Waals surface area (Å²) in [7, 11) is 1.28. The molecule has 0 radical (unpaired) electrons. The highest BCUT2D eigenvalue weighted by Gasteiger charge is 2.29. The maximum absolute atomic E-state index is 12.6. The molecule has 4 rings (SSSR count). The van der Waals surface area contributed by atoms with Gasteiger partial charge in [0.1, 0.15) is 19.0 Å². The average Bonchev–Trinajstić information content (AvgIpc) is 3.15. The van der Waals surface area contributed by atoms with Gasteiger partial charge in [-0.2, -0.15) is 0 Å². The van der Waals surface area contributed by atoms with E-state index in [1.54, 1.807) is 0 Å². The molecule has 1 amide bonds. The summed E-state index contributed by atoms with van der Waals surface area (Å²) in [5.41, 5.74) is 5.12. The molecular formula is C25H23NO6. The number of aliphatic hydroxyl groups excluding tert-OH is 1. The lowest BCUT2D eigenvalue weighted by molar-refractivity contribution is 0.0600. The number of amides is 1. The van der Waals surface area contributed by atoms with E-state index in [4.69, 9.17) is 19.3 Å². The van der Waals surface area contributed by atoms with E-state index in [1.807, 2.05) is 36.4 Å². The van der Waals surface area contributed by atoms with Crippen LogP contribution in [0.1, 0.15) is 27.4 Å². The number of rotatable bonds is 7. The highest BCUT2D eigenvalue weighted by Crippen LogP contribution is 2.44. The zero-order valence-electron chi connectivity index (χ0n) is 17.5. The van der Waals surface area contributed by atoms with Crippen LogP contribution in [0.25, 0.3) is 11.1 Å². The number of methoxy groups -OCH3 is 1. The molecular weight excluding hydrogens is 410 g/mol. The van der Waals surface area contributed by atoms with Crippen LogP contribution >= 0.6 is 0 Å². The molecule has 7 nitrogen and oxygen atoms in total. The number of nitrogens with one attached hydrogen (secondary N) is 1. The van der Waals surface area contributed by atoms with Crippen molar-refractivity contribution in [1.82, 2.24) is 0 Å². The second-order valence-corrected chi connectivity index (χ2v) is 7.23. The zero-order chi connectivity index (χ0) is 22.5. The van der Waals surface area contributed by atoms with Gasteiger partial charge >= 0.3 is 12.1 Å². The summed E-state index contributed by atoms with van der Waals surface area (Å²) in [6.45, 7) is -0.0379. The van der Waals surface area contributed by atoms with Crippen molar-refractivity contribution in [3.8, 4) is 16.9 Å². The van der Waals surface area contributed by atoms with Crippen LogP contribution in [0.3, 0.4) is 0 Å². The van der Waals surface area contributed by atoms with Crippen molar-refractivity contribution < 1.29 is 28.9 Å². The van der Waals surface area contributed by atoms with Gasteiger partial charge in [0.25, 0.3) is 0 Å². The standard InChI is InChI=1S/C25H23NO6/c1-30-24(28)16-10-11-22(23(14-16)31-13-12-27)26-25(29)32-15-21-19-8-4-2-6-17(19)18-7-3-5-9-20(18)21/h2-11,14,21,27H,12-13,15H2,1H3,(H,26,29). The van der Waals surface area contributed by atoms with E-state index < -0.39 is 12.1 Å². The Morgan fingerprint density at radius 3 is 2.25 bits per heavy atom. The summed E-state index contributed by atoms with van der Waals surface area (Å²) in [5.74, 6) is -0.359. The van der Waals surface area contributed by atoms with Crippen molar-refractivity contribution >= 4 is 17.7 Å². The highest BCUT2D eigenvalue weighted by atomic mass is 16.5. The van der Waals surface area contributed by atoms with Crippen molar-refractivity contribution in [3.63, 3.8) is 0 Å². The van der Waals surface area contributed by atoms with E-state index in [1.165, 1.54) is 25.3 Å². The molecule has 0 atom stereocenters. The maximum atomic E-state index is 12.6. The molecule has 0 heterocycles. The van der Waals surface area contributed by atoms with Crippen LogP contribution in [0.5, 0.6) is 5.75 Å². The van der Waals surface area contributed by atoms with Crippen molar-refractivity contribution in [3.05, 3.63) is 83.4 Å². The number of carbonyl (C=O) groups is 2. The lowest BCUT2D eigenvalue weighted by Gasteiger charge is -2.16. The van der Waals surface area contributed by atoms with Crippen LogP contribution in [0.15, 0.2) is 66.7 Å². The molecule has 3 aromatic carbocycles. The van der Waals surface area contributed by atoms with Gasteiger partial charge in [-0.1, -0.05) is 48.5 Å². The smallest absolute Gasteiger partial charge is 0.411 e. The fourth-order valence-corrected chi connectivity index (χ4v) is 3.89. The number of ether oxygens (including phenoxy) is 3. The first-order chi connectivity index (χ1) is 15.6. The Morgan fingerprint density at radius 1 is 0.969 bits per heavy atom. The molecule has 0 saturated carbocycles. The molecule has 3 aromatic rings. The van der Waals surface area contributed by atoms with E-state index in [9.17, 15) is 9.59 Å². The Bertz CT molecular complexity index is 1100. The minimum absolute atomic E-state index is 0.00396. The lowest BCUT2D eigenvalue weighted by Crippen LogP contribution is -2.19. The van der Waals surface area contributed by atoms with Crippen LogP contribution in [-0.4, -0.2) is 44.1 Å². The number of fused-ring (bicyclic) bond motifs is 3. The SMILES string of the molecule is COC(=O)c1ccc(NC(=O)OCC2c3ccccc3-c3ccccc32)c(OCCO)c1. The molecule has 2 N–H and O–H groups in total. The minimum Gasteiger partial charge on any atom is -0.489 e. The molecule has 0 fully saturated rings. The van der Waals surface area contributed by atoms with Crippen LogP contribution in [-0.2, 0) is 9.47 Å². The van der Waals surface area contributed by atoms with Gasteiger partial charge in [-0.05, 0) is 40.5 Å². The summed E-state index contributed by atoms with van der Waals surface area (Å²) in [6, 6.07) is 20.7. The monoisotopic (exact) mass is 433 g/mol. The summed E-state index contributed by atoms with van der Waals surface area (Å²) < 4.78 is 15.7. The molecule has 164 valence electrons. The Hall–Kier alpha value is -3.84. The highest BCUT2D eigenvalue weighted by molar-refractivity contribution is 5.93. The second-order valence-electron chi connectivity index (χ2n) is 7.23. The third-order valence-electron chi connectivity index (χ3n) is 5.33. The average molecular weight is 433 g/mol. The van der Waals surface area contributed by atoms with Crippen LogP contribution in [0.4, 0.5) is 10.5 Å². The number of benzene rings is 3. The first-order valence-electron chi connectivity index (χ1n) is 10.2. The summed E-state index contributed by atoms with van der Waals surface area (Å²) >= 11 is 0. The van der Waals surface area contributed by atoms with Crippen molar-refractivity contribution in [1.29, 1.82) is 0 Å². The van der Waals surface area contributed by atoms with Gasteiger partial charge in [0.05, 0.1) is 25.0 Å². The fraction of sp³-hybridized carbons (Fsp3) is 0.200. The Kier molecular flexibility index (Phi) is 6.37. The predicted octanol–water partition coefficient (Wildman–Crippen LogP) is 4.21. The quantitative estimate of drug-likeness (QED) is 0.542. The van der Waals surface area contributed by atoms with E-state index in [0.29, 0.717) is 5.69 Å². The van der Waals surface area contributed by atoms with E-state index >= 15 is 0 Å². The molecule has 7 heteroatoms. The normalized spacial score (nSPS) is 11.9. The van der Waals surface area contributed by atoms with Crippen molar-refractivity contribution in [2.24, 2.45) is 0 Å². The van der Waals surface area contributed by atoms with E-state index in [2.05, 4.69) is 17.4 Å². The summed E-state index contributed by atoms with van der Waals surface area (Å²) in [5, 5.41) is 11.7. The molecule has 1 aliphatic carbocycles. The maximum Gasteiger partial charge on any atom is 0.411 e. The van der Waals surface area contributed by atoms with Gasteiger partial charge < -0.3 is 19.3 Å². The summed E-state index contributed by atoms with van der Waals surface area (Å²) in [6.07, 6.45) is -0.647. The van der Waals surface area contributed by atoms with Crippen LogP contribution in [0, 0.1) is 0 Å². The van der Waals surface area contributed by atoms with Gasteiger partial charge in [-0.3, -0.25) is 5.32 Å². The molecule has 0 aromatic heterocycles. The molecule has 0 aliphatic heterocycles. The minimum atomic E-state index is -0.647. The number of hydrogen-bond acceptors (Lipinski definition) is 6. The first-order valence-corrected chi connectivity index (χ1v) is 10.2. The van der Waals surface area contributed by atoms with E-state index in [-0.39, 0.29) is 37.1 Å². The molecule has 0 bridgehead atoms. The molecule has 0 unspecified atom stereocenters. The first kappa shape index (κ1) is 21.4. The van der Waals surface area contributed by atoms with E-state index in [0.717, 1.165) is 22.3 Å². The Balaban J connectivity index is 1.48. The number of anilines is 1. The van der Waals surface area contributed by atoms with Crippen LogP contribution < -0.4 is 10.1 Å². The van der Waals surface area contributed by atoms with Gasteiger partial charge in [-0.15, -0.1) is 0 Å². The Labute approximate surface area is 185 Å². The number of hydrogen-bond donors (Lipinski definition) is 2. The van der Waals surface area contributed by atoms with Crippen LogP contribution in [0.2, 0.25) is 0 Å². The van der Waals surface area contributed by atoms with Crippen molar-refractivity contribution in [2.45, 2.75) is 5.92 Å². The van der Waals surface area contributed by atoms with Gasteiger partial charge in [-0.25, -0.2) is 9.59 Å². The predicted molar refractivity (Wildman–Crippen MR) is 119 cm³/mol. The topological polar surface area (TPSA) is 94.1 Å². The summed E-state index contributed by atoms with van der Waals surface area (Å²) in [4.78, 5) is 24.3. The number of esters is 1.